The molecular formula is C14H26O6. The Kier molecular flexibility index (Phi) is 7.16. The van der Waals surface area contributed by atoms with E-state index in [0.717, 1.165) is 0 Å². The first-order chi connectivity index (χ1) is 9.11. The van der Waals surface area contributed by atoms with E-state index in [9.17, 15) is 14.7 Å². The fourth-order valence-electron chi connectivity index (χ4n) is 2.09. The number of hydrogen-bond acceptors (Lipinski definition) is 6. The third-order valence-electron chi connectivity index (χ3n) is 3.00. The zero-order chi connectivity index (χ0) is 16.0. The number of hydrogen-bond donors (Lipinski definition) is 1. The molecule has 0 rings (SSSR count). The summed E-state index contributed by atoms with van der Waals surface area (Å²) >= 11 is 0. The van der Waals surface area contributed by atoms with Crippen molar-refractivity contribution >= 4 is 11.9 Å². The number of methoxy groups -OCH3 is 1. The maximum absolute atomic E-state index is 12.0. The smallest absolute Gasteiger partial charge is 0.323 e. The summed E-state index contributed by atoms with van der Waals surface area (Å²) in [5, 5.41) is 10.6. The van der Waals surface area contributed by atoms with Crippen LogP contribution in [0.4, 0.5) is 0 Å². The molecule has 0 amide bonds. The Morgan fingerprint density at radius 1 is 1.05 bits per heavy atom. The lowest BCUT2D eigenvalue weighted by Crippen LogP contribution is -2.50. The first kappa shape index (κ1) is 18.9. The highest BCUT2D eigenvalue weighted by molar-refractivity contribution is 5.96. The van der Waals surface area contributed by atoms with Gasteiger partial charge in [-0.05, 0) is 34.6 Å². The van der Waals surface area contributed by atoms with Gasteiger partial charge in [-0.3, -0.25) is 9.59 Å². The minimum Gasteiger partial charge on any atom is -0.465 e. The summed E-state index contributed by atoms with van der Waals surface area (Å²) < 4.78 is 15.0. The first-order valence-corrected chi connectivity index (χ1v) is 6.72. The van der Waals surface area contributed by atoms with Crippen molar-refractivity contribution < 1.29 is 28.9 Å². The van der Waals surface area contributed by atoms with Gasteiger partial charge in [0.15, 0.2) is 5.92 Å². The standard InChI is InChI=1S/C14H26O6/c1-7-19-11(15)10(12(16)20-8-2)14(5,17)9-13(3,4)18-6/h10,17H,7-9H2,1-6H3. The van der Waals surface area contributed by atoms with Crippen LogP contribution < -0.4 is 0 Å². The molecular weight excluding hydrogens is 264 g/mol. The van der Waals surface area contributed by atoms with E-state index in [4.69, 9.17) is 14.2 Å². The molecule has 0 aliphatic rings. The van der Waals surface area contributed by atoms with Gasteiger partial charge in [0.1, 0.15) is 0 Å². The second kappa shape index (κ2) is 7.59. The molecule has 0 heterocycles. The molecule has 0 aromatic carbocycles. The highest BCUT2D eigenvalue weighted by Gasteiger charge is 2.47. The Balaban J connectivity index is 5.27. The fourth-order valence-corrected chi connectivity index (χ4v) is 2.09. The van der Waals surface area contributed by atoms with E-state index in [0.29, 0.717) is 0 Å². The largest absolute Gasteiger partial charge is 0.465 e. The summed E-state index contributed by atoms with van der Waals surface area (Å²) in [6.07, 6.45) is 0.0821. The molecule has 1 atom stereocenters. The third kappa shape index (κ3) is 5.46. The molecule has 0 bridgehead atoms. The van der Waals surface area contributed by atoms with Crippen LogP contribution in [0.2, 0.25) is 0 Å². The lowest BCUT2D eigenvalue weighted by atomic mass is 9.80. The lowest BCUT2D eigenvalue weighted by molar-refractivity contribution is -0.177. The molecule has 0 aliphatic carbocycles. The maximum Gasteiger partial charge on any atom is 0.323 e. The van der Waals surface area contributed by atoms with Gasteiger partial charge in [0.2, 0.25) is 0 Å². The van der Waals surface area contributed by atoms with Crippen molar-refractivity contribution in [3.05, 3.63) is 0 Å². The van der Waals surface area contributed by atoms with Crippen LogP contribution in [0.3, 0.4) is 0 Å². The van der Waals surface area contributed by atoms with Gasteiger partial charge in [0.05, 0.1) is 24.4 Å². The number of carbonyl (C=O) groups is 2. The number of esters is 2. The fraction of sp³-hybridized carbons (Fsp3) is 0.857. The van der Waals surface area contributed by atoms with Gasteiger partial charge >= 0.3 is 11.9 Å². The van der Waals surface area contributed by atoms with Gasteiger partial charge in [-0.2, -0.15) is 0 Å². The lowest BCUT2D eigenvalue weighted by Gasteiger charge is -2.36. The topological polar surface area (TPSA) is 82.1 Å². The Morgan fingerprint density at radius 2 is 1.45 bits per heavy atom. The second-order valence-corrected chi connectivity index (χ2v) is 5.43. The third-order valence-corrected chi connectivity index (χ3v) is 3.00. The van der Waals surface area contributed by atoms with Gasteiger partial charge in [-0.15, -0.1) is 0 Å². The molecule has 118 valence electrons. The molecule has 0 saturated carbocycles. The number of carbonyl (C=O) groups excluding carboxylic acids is 2. The van der Waals surface area contributed by atoms with E-state index < -0.39 is 29.1 Å². The van der Waals surface area contributed by atoms with Crippen LogP contribution >= 0.6 is 0 Å². The molecule has 0 aromatic heterocycles. The van der Waals surface area contributed by atoms with Gasteiger partial charge in [0, 0.05) is 13.5 Å². The Labute approximate surface area is 120 Å². The first-order valence-electron chi connectivity index (χ1n) is 6.72. The van der Waals surface area contributed by atoms with Gasteiger partial charge in [-0.1, -0.05) is 0 Å². The van der Waals surface area contributed by atoms with Gasteiger partial charge < -0.3 is 19.3 Å². The SMILES string of the molecule is CCOC(=O)C(C(=O)OCC)C(C)(O)CC(C)(C)OC. The molecule has 0 aromatic rings. The van der Waals surface area contributed by atoms with Crippen molar-refractivity contribution in [3.8, 4) is 0 Å². The zero-order valence-electron chi connectivity index (χ0n) is 13.2. The van der Waals surface area contributed by atoms with Gasteiger partial charge in [0.25, 0.3) is 0 Å². The summed E-state index contributed by atoms with van der Waals surface area (Å²) in [6, 6.07) is 0. The van der Waals surface area contributed by atoms with Crippen molar-refractivity contribution in [2.24, 2.45) is 5.92 Å². The average Bonchev–Trinajstić information content (AvgIpc) is 2.27. The van der Waals surface area contributed by atoms with E-state index in [1.807, 2.05) is 0 Å². The van der Waals surface area contributed by atoms with Crippen molar-refractivity contribution in [2.75, 3.05) is 20.3 Å². The molecule has 1 N–H and O–H groups in total. The van der Waals surface area contributed by atoms with Crippen LogP contribution in [-0.2, 0) is 23.8 Å². The van der Waals surface area contributed by atoms with E-state index in [-0.39, 0.29) is 19.6 Å². The van der Waals surface area contributed by atoms with Crippen molar-refractivity contribution in [1.82, 2.24) is 0 Å². The van der Waals surface area contributed by atoms with Crippen LogP contribution in [0.5, 0.6) is 0 Å². The molecule has 6 heteroatoms. The van der Waals surface area contributed by atoms with Crippen molar-refractivity contribution in [3.63, 3.8) is 0 Å². The summed E-state index contributed by atoms with van der Waals surface area (Å²) in [6.45, 7) is 8.44. The molecule has 0 radical (unpaired) electrons. The average molecular weight is 290 g/mol. The molecule has 0 fully saturated rings. The molecule has 0 spiro atoms. The highest BCUT2D eigenvalue weighted by atomic mass is 16.6. The second-order valence-electron chi connectivity index (χ2n) is 5.43. The van der Waals surface area contributed by atoms with Crippen LogP contribution in [0.1, 0.15) is 41.0 Å². The predicted octanol–water partition coefficient (Wildman–Crippen LogP) is 1.29. The predicted molar refractivity (Wildman–Crippen MR) is 73.1 cm³/mol. The van der Waals surface area contributed by atoms with Crippen LogP contribution in [-0.4, -0.2) is 48.6 Å². The molecule has 6 nitrogen and oxygen atoms in total. The highest BCUT2D eigenvalue weighted by Crippen LogP contribution is 2.31. The summed E-state index contributed by atoms with van der Waals surface area (Å²) in [5.74, 6) is -2.97. The normalized spacial score (nSPS) is 14.8. The molecule has 0 aliphatic heterocycles. The van der Waals surface area contributed by atoms with Gasteiger partial charge in [-0.25, -0.2) is 0 Å². The summed E-state index contributed by atoms with van der Waals surface area (Å²) in [5.41, 5.74) is -2.32. The molecule has 1 unspecified atom stereocenters. The van der Waals surface area contributed by atoms with Crippen molar-refractivity contribution in [2.45, 2.75) is 52.2 Å². The molecule has 20 heavy (non-hydrogen) atoms. The Morgan fingerprint density at radius 3 is 1.75 bits per heavy atom. The zero-order valence-corrected chi connectivity index (χ0v) is 13.2. The minimum atomic E-state index is -1.63. The van der Waals surface area contributed by atoms with E-state index >= 15 is 0 Å². The Bertz CT molecular complexity index is 317. The monoisotopic (exact) mass is 290 g/mol. The minimum absolute atomic E-state index is 0.0821. The number of ether oxygens (including phenoxy) is 3. The Hall–Kier alpha value is -1.14. The number of aliphatic hydroxyl groups is 1. The van der Waals surface area contributed by atoms with Crippen LogP contribution in [0, 0.1) is 5.92 Å². The van der Waals surface area contributed by atoms with Crippen LogP contribution in [0.15, 0.2) is 0 Å². The summed E-state index contributed by atoms with van der Waals surface area (Å²) in [7, 11) is 1.50. The quantitative estimate of drug-likeness (QED) is 0.536. The molecule has 0 saturated heterocycles. The van der Waals surface area contributed by atoms with Crippen molar-refractivity contribution in [1.29, 1.82) is 0 Å². The maximum atomic E-state index is 12.0. The van der Waals surface area contributed by atoms with E-state index in [1.54, 1.807) is 27.7 Å². The van der Waals surface area contributed by atoms with E-state index in [1.165, 1.54) is 14.0 Å². The number of rotatable bonds is 8. The van der Waals surface area contributed by atoms with E-state index in [2.05, 4.69) is 0 Å². The summed E-state index contributed by atoms with van der Waals surface area (Å²) in [4.78, 5) is 23.9. The van der Waals surface area contributed by atoms with Crippen LogP contribution in [0.25, 0.3) is 0 Å².